The zero-order chi connectivity index (χ0) is 25.2. The third-order valence-corrected chi connectivity index (χ3v) is 6.01. The van der Waals surface area contributed by atoms with Gasteiger partial charge in [-0.25, -0.2) is 4.99 Å². The number of aromatic amines is 2. The predicted molar refractivity (Wildman–Crippen MR) is 127 cm³/mol. The topological polar surface area (TPSA) is 156 Å². The third-order valence-electron chi connectivity index (χ3n) is 6.01. The summed E-state index contributed by atoms with van der Waals surface area (Å²) in [6.07, 6.45) is 5.33. The molecule has 3 rings (SSSR count). The maximum absolute atomic E-state index is 12.0. The first-order chi connectivity index (χ1) is 16.0. The van der Waals surface area contributed by atoms with E-state index in [1.54, 1.807) is 32.1 Å². The Bertz CT molecular complexity index is 1380. The Morgan fingerprint density at radius 3 is 2.15 bits per heavy atom. The average Bonchev–Trinajstić information content (AvgIpc) is 3.31. The van der Waals surface area contributed by atoms with Crippen molar-refractivity contribution in [3.63, 3.8) is 0 Å². The molecule has 0 fully saturated rings. The van der Waals surface area contributed by atoms with Crippen molar-refractivity contribution in [1.29, 1.82) is 0 Å². The largest absolute Gasteiger partial charge is 0.494 e. The van der Waals surface area contributed by atoms with E-state index in [0.717, 1.165) is 11.1 Å². The lowest BCUT2D eigenvalue weighted by molar-refractivity contribution is -0.138. The van der Waals surface area contributed by atoms with E-state index in [1.165, 1.54) is 0 Å². The Kier molecular flexibility index (Phi) is 7.05. The summed E-state index contributed by atoms with van der Waals surface area (Å²) in [5, 5.41) is 29.8. The predicted octanol–water partition coefficient (Wildman–Crippen LogP) is 1.79. The first-order valence-electron chi connectivity index (χ1n) is 10.7. The minimum absolute atomic E-state index is 0.0520. The number of nitrogens with zero attached hydrogens (tertiary/aromatic N) is 1. The number of rotatable bonds is 9. The molecule has 2 aromatic rings. The number of hydrogen-bond acceptors (Lipinski definition) is 4. The van der Waals surface area contributed by atoms with Crippen LogP contribution in [0.15, 0.2) is 28.8 Å². The molecule has 0 atom stereocenters. The van der Waals surface area contributed by atoms with Gasteiger partial charge in [-0.15, -0.1) is 0 Å². The number of carbonyl (C=O) groups excluding carboxylic acids is 1. The summed E-state index contributed by atoms with van der Waals surface area (Å²) >= 11 is 0. The number of carboxylic acids is 2. The quantitative estimate of drug-likeness (QED) is 0.380. The zero-order valence-corrected chi connectivity index (χ0v) is 19.3. The molecule has 34 heavy (non-hydrogen) atoms. The highest BCUT2D eigenvalue weighted by molar-refractivity contribution is 6.32. The fraction of sp³-hybridized carbons (Fsp3) is 0.280. The number of nitrogens with one attached hydrogen (secondary N) is 2. The molecule has 0 aliphatic carbocycles. The molecule has 0 unspecified atom stereocenters. The van der Waals surface area contributed by atoms with Gasteiger partial charge in [-0.3, -0.25) is 14.4 Å². The molecule has 1 aliphatic rings. The van der Waals surface area contributed by atoms with Crippen molar-refractivity contribution in [2.24, 2.45) is 4.99 Å². The summed E-state index contributed by atoms with van der Waals surface area (Å²) in [7, 11) is 0. The Balaban J connectivity index is 2.20. The average molecular weight is 466 g/mol. The molecule has 178 valence electrons. The molecule has 0 spiro atoms. The van der Waals surface area contributed by atoms with Crippen molar-refractivity contribution >= 4 is 35.7 Å². The Hall–Kier alpha value is -4.14. The Morgan fingerprint density at radius 1 is 0.941 bits per heavy atom. The number of aliphatic carboxylic acids is 2. The van der Waals surface area contributed by atoms with Gasteiger partial charge in [0.2, 0.25) is 0 Å². The van der Waals surface area contributed by atoms with E-state index >= 15 is 0 Å². The lowest BCUT2D eigenvalue weighted by Crippen LogP contribution is -2.15. The van der Waals surface area contributed by atoms with Crippen LogP contribution in [-0.2, 0) is 27.2 Å². The zero-order valence-electron chi connectivity index (χ0n) is 19.3. The number of hydrogen-bond donors (Lipinski definition) is 5. The first-order valence-corrected chi connectivity index (χ1v) is 10.7. The molecule has 5 N–H and O–H groups in total. The molecular formula is C25H27N3O6. The molecule has 2 aromatic heterocycles. The van der Waals surface area contributed by atoms with E-state index in [9.17, 15) is 24.6 Å². The summed E-state index contributed by atoms with van der Waals surface area (Å²) in [5.41, 5.74) is 4.93. The van der Waals surface area contributed by atoms with E-state index in [-0.39, 0.29) is 37.5 Å². The summed E-state index contributed by atoms with van der Waals surface area (Å²) < 4.78 is 0. The molecule has 0 saturated heterocycles. The minimum Gasteiger partial charge on any atom is -0.494 e. The molecule has 0 saturated carbocycles. The number of carboxylic acid groups (broad SMARTS) is 2. The van der Waals surface area contributed by atoms with Crippen LogP contribution in [0.1, 0.15) is 47.7 Å². The molecule has 9 nitrogen and oxygen atoms in total. The van der Waals surface area contributed by atoms with Gasteiger partial charge in [-0.05, 0) is 62.5 Å². The highest BCUT2D eigenvalue weighted by Gasteiger charge is 2.20. The van der Waals surface area contributed by atoms with E-state index in [0.29, 0.717) is 44.4 Å². The van der Waals surface area contributed by atoms with Gasteiger partial charge in [-0.1, -0.05) is 12.7 Å². The fourth-order valence-electron chi connectivity index (χ4n) is 4.03. The number of H-pyrrole nitrogens is 2. The second-order valence-electron chi connectivity index (χ2n) is 8.17. The SMILES string of the molecule is C=CC1=C(C)C(=O)N=C1/C=c1\[nH]/c(=C/c2[nH]c(O)c(C)c2CCC(=O)O)c(CCC(=O)O)c1C. The van der Waals surface area contributed by atoms with Gasteiger partial charge in [0.05, 0.1) is 5.71 Å². The van der Waals surface area contributed by atoms with Gasteiger partial charge in [0.25, 0.3) is 5.91 Å². The maximum atomic E-state index is 12.0. The summed E-state index contributed by atoms with van der Waals surface area (Å²) in [4.78, 5) is 44.6. The number of aromatic hydroxyl groups is 1. The van der Waals surface area contributed by atoms with Crippen LogP contribution in [0.4, 0.5) is 0 Å². The van der Waals surface area contributed by atoms with Gasteiger partial charge in [0.1, 0.15) is 0 Å². The van der Waals surface area contributed by atoms with Crippen LogP contribution in [0.2, 0.25) is 0 Å². The van der Waals surface area contributed by atoms with Crippen LogP contribution < -0.4 is 10.7 Å². The Morgan fingerprint density at radius 2 is 1.56 bits per heavy atom. The van der Waals surface area contributed by atoms with Crippen molar-refractivity contribution in [2.75, 3.05) is 0 Å². The van der Waals surface area contributed by atoms with Crippen LogP contribution in [0, 0.1) is 13.8 Å². The van der Waals surface area contributed by atoms with Gasteiger partial charge >= 0.3 is 11.9 Å². The molecule has 3 heterocycles. The van der Waals surface area contributed by atoms with Crippen LogP contribution in [0.25, 0.3) is 12.2 Å². The van der Waals surface area contributed by atoms with Gasteiger partial charge in [-0.2, -0.15) is 0 Å². The standard InChI is InChI=1S/C25H27N3O6/c1-5-15-13(3)24(33)27-19(15)10-18-12(2)16(6-8-22(29)30)20(26-18)11-21-17(7-9-23(31)32)14(4)25(34)28-21/h5,10-11,26,28,34H,1,6-9H2,2-4H3,(H,29,30)(H,31,32)/b18-10-,20-11+. The molecule has 1 aliphatic heterocycles. The number of allylic oxidation sites excluding steroid dienone is 2. The van der Waals surface area contributed by atoms with Crippen LogP contribution in [0.5, 0.6) is 5.88 Å². The number of aliphatic imine (C=N–C) groups is 1. The second-order valence-corrected chi connectivity index (χ2v) is 8.17. The van der Waals surface area contributed by atoms with Crippen LogP contribution >= 0.6 is 0 Å². The highest BCUT2D eigenvalue weighted by atomic mass is 16.4. The normalized spacial score (nSPS) is 14.8. The van der Waals surface area contributed by atoms with Crippen molar-refractivity contribution in [2.45, 2.75) is 46.5 Å². The number of carbonyl (C=O) groups is 3. The molecule has 0 radical (unpaired) electrons. The lowest BCUT2D eigenvalue weighted by Gasteiger charge is -2.01. The highest BCUT2D eigenvalue weighted by Crippen LogP contribution is 2.25. The summed E-state index contributed by atoms with van der Waals surface area (Å²) in [6, 6.07) is 0. The number of amides is 1. The molecule has 0 bridgehead atoms. The van der Waals surface area contributed by atoms with Crippen LogP contribution in [-0.4, -0.2) is 48.8 Å². The van der Waals surface area contributed by atoms with Crippen molar-refractivity contribution < 1.29 is 29.7 Å². The molecule has 9 heteroatoms. The van der Waals surface area contributed by atoms with E-state index in [4.69, 9.17) is 5.11 Å². The molecular weight excluding hydrogens is 438 g/mol. The fourth-order valence-corrected chi connectivity index (χ4v) is 4.03. The second kappa shape index (κ2) is 9.78. The monoisotopic (exact) mass is 465 g/mol. The van der Waals surface area contributed by atoms with Gasteiger partial charge in [0.15, 0.2) is 5.88 Å². The smallest absolute Gasteiger partial charge is 0.303 e. The Labute approximate surface area is 195 Å². The maximum Gasteiger partial charge on any atom is 0.303 e. The van der Waals surface area contributed by atoms with Crippen molar-refractivity contribution in [1.82, 2.24) is 9.97 Å². The van der Waals surface area contributed by atoms with Crippen molar-refractivity contribution in [3.8, 4) is 5.88 Å². The molecule has 1 amide bonds. The molecule has 0 aromatic carbocycles. The third kappa shape index (κ3) is 4.93. The van der Waals surface area contributed by atoms with E-state index < -0.39 is 11.9 Å². The summed E-state index contributed by atoms with van der Waals surface area (Å²) in [6.45, 7) is 8.99. The minimum atomic E-state index is -0.950. The van der Waals surface area contributed by atoms with Crippen molar-refractivity contribution in [3.05, 3.63) is 62.4 Å². The van der Waals surface area contributed by atoms with E-state index in [1.807, 2.05) is 6.92 Å². The summed E-state index contributed by atoms with van der Waals surface area (Å²) in [5.74, 6) is -2.27. The van der Waals surface area contributed by atoms with Crippen LogP contribution in [0.3, 0.4) is 0 Å². The number of aromatic nitrogens is 2. The lowest BCUT2D eigenvalue weighted by atomic mass is 10.0. The van der Waals surface area contributed by atoms with Gasteiger partial charge in [0, 0.05) is 45.9 Å². The van der Waals surface area contributed by atoms with E-state index in [2.05, 4.69) is 21.5 Å². The van der Waals surface area contributed by atoms with Gasteiger partial charge < -0.3 is 25.3 Å². The first kappa shape index (κ1) is 24.5.